The molecule has 0 aliphatic heterocycles. The Kier molecular flexibility index (Phi) is 8.08. The van der Waals surface area contributed by atoms with Crippen LogP contribution < -0.4 is 14.9 Å². The molecule has 2 aromatic carbocycles. The first-order chi connectivity index (χ1) is 15.5. The van der Waals surface area contributed by atoms with Gasteiger partial charge in [-0.2, -0.15) is 5.10 Å². The molecule has 0 radical (unpaired) electrons. The van der Waals surface area contributed by atoms with Crippen molar-refractivity contribution < 1.29 is 19.2 Å². The number of nitrogens with one attached hydrogen (secondary N) is 1. The lowest BCUT2D eigenvalue weighted by atomic mass is 10.2. The molecule has 0 bridgehead atoms. The first-order valence-corrected chi connectivity index (χ1v) is 10.6. The van der Waals surface area contributed by atoms with E-state index in [1.54, 1.807) is 36.5 Å². The monoisotopic (exact) mass is 546 g/mol. The molecule has 0 atom stereocenters. The van der Waals surface area contributed by atoms with Crippen molar-refractivity contribution in [3.05, 3.63) is 91.3 Å². The van der Waals surface area contributed by atoms with Crippen LogP contribution in [0.15, 0.2) is 66.0 Å². The van der Waals surface area contributed by atoms with E-state index in [0.717, 1.165) is 9.13 Å². The largest absolute Gasteiger partial charge is 0.490 e. The Morgan fingerprint density at radius 3 is 2.69 bits per heavy atom. The number of benzene rings is 2. The van der Waals surface area contributed by atoms with Crippen molar-refractivity contribution in [2.24, 2.45) is 5.10 Å². The summed E-state index contributed by atoms with van der Waals surface area (Å²) in [5.41, 5.74) is 4.40. The number of halogens is 1. The number of pyridine rings is 1. The van der Waals surface area contributed by atoms with Gasteiger partial charge in [0, 0.05) is 24.5 Å². The number of amides is 1. The predicted molar refractivity (Wildman–Crippen MR) is 127 cm³/mol. The quantitative estimate of drug-likeness (QED) is 0.185. The standard InChI is InChI=1S/C22H19IN4O5/c1-2-31-20-11-16(12-25-26-22(28)17-4-3-9-24-13-17)10-19(23)21(20)32-14-15-5-7-18(8-6-15)27(29)30/h3-13H,2,14H2,1H3,(H,26,28)/b25-12-. The summed E-state index contributed by atoms with van der Waals surface area (Å²) in [6.45, 7) is 2.52. The third-order valence-corrected chi connectivity index (χ3v) is 4.97. The van der Waals surface area contributed by atoms with Gasteiger partial charge in [0.05, 0.1) is 26.9 Å². The van der Waals surface area contributed by atoms with E-state index in [1.807, 2.05) is 13.0 Å². The zero-order chi connectivity index (χ0) is 22.9. The molecular weight excluding hydrogens is 527 g/mol. The molecule has 9 nitrogen and oxygen atoms in total. The number of carbonyl (C=O) groups is 1. The second kappa shape index (κ2) is 11.2. The molecule has 0 aliphatic carbocycles. The number of nitro benzene ring substituents is 1. The maximum absolute atomic E-state index is 12.1. The topological polar surface area (TPSA) is 116 Å². The fourth-order valence-electron chi connectivity index (χ4n) is 2.66. The Morgan fingerprint density at radius 2 is 2.03 bits per heavy atom. The number of non-ortho nitro benzene ring substituents is 1. The fourth-order valence-corrected chi connectivity index (χ4v) is 3.44. The first kappa shape index (κ1) is 23.1. The van der Waals surface area contributed by atoms with Crippen molar-refractivity contribution in [3.8, 4) is 11.5 Å². The Morgan fingerprint density at radius 1 is 1.25 bits per heavy atom. The van der Waals surface area contributed by atoms with Gasteiger partial charge in [-0.25, -0.2) is 5.43 Å². The number of hydrazone groups is 1. The molecule has 164 valence electrons. The van der Waals surface area contributed by atoms with Gasteiger partial charge in [-0.15, -0.1) is 0 Å². The molecule has 3 aromatic rings. The summed E-state index contributed by atoms with van der Waals surface area (Å²) < 4.78 is 12.4. The van der Waals surface area contributed by atoms with Crippen LogP contribution in [-0.2, 0) is 6.61 Å². The van der Waals surface area contributed by atoms with Crippen molar-refractivity contribution in [2.75, 3.05) is 6.61 Å². The molecule has 0 saturated carbocycles. The lowest BCUT2D eigenvalue weighted by Crippen LogP contribution is -2.17. The van der Waals surface area contributed by atoms with E-state index < -0.39 is 4.92 Å². The Labute approximate surface area is 197 Å². The van der Waals surface area contributed by atoms with Gasteiger partial charge in [-0.3, -0.25) is 19.9 Å². The van der Waals surface area contributed by atoms with Gasteiger partial charge in [-0.1, -0.05) is 0 Å². The third kappa shape index (κ3) is 6.23. The average Bonchev–Trinajstić information content (AvgIpc) is 2.79. The van der Waals surface area contributed by atoms with E-state index in [2.05, 4.69) is 38.1 Å². The number of ether oxygens (including phenoxy) is 2. The van der Waals surface area contributed by atoms with Gasteiger partial charge >= 0.3 is 0 Å². The number of hydrogen-bond donors (Lipinski definition) is 1. The van der Waals surface area contributed by atoms with E-state index in [-0.39, 0.29) is 18.2 Å². The second-order valence-electron chi connectivity index (χ2n) is 6.42. The highest BCUT2D eigenvalue weighted by atomic mass is 127. The maximum Gasteiger partial charge on any atom is 0.272 e. The number of aromatic nitrogens is 1. The molecular formula is C22H19IN4O5. The third-order valence-electron chi connectivity index (χ3n) is 4.17. The normalized spacial score (nSPS) is 10.7. The van der Waals surface area contributed by atoms with Gasteiger partial charge in [0.2, 0.25) is 0 Å². The van der Waals surface area contributed by atoms with Crippen LogP contribution in [0.4, 0.5) is 5.69 Å². The van der Waals surface area contributed by atoms with Crippen molar-refractivity contribution in [3.63, 3.8) is 0 Å². The zero-order valence-electron chi connectivity index (χ0n) is 17.0. The van der Waals surface area contributed by atoms with Crippen LogP contribution in [-0.4, -0.2) is 28.6 Å². The number of nitro groups is 1. The molecule has 0 aliphatic rings. The lowest BCUT2D eigenvalue weighted by Gasteiger charge is -2.14. The van der Waals surface area contributed by atoms with Crippen molar-refractivity contribution in [1.82, 2.24) is 10.4 Å². The summed E-state index contributed by atoms with van der Waals surface area (Å²) in [7, 11) is 0. The van der Waals surface area contributed by atoms with Crippen molar-refractivity contribution in [2.45, 2.75) is 13.5 Å². The smallest absolute Gasteiger partial charge is 0.272 e. The molecule has 0 saturated heterocycles. The summed E-state index contributed by atoms with van der Waals surface area (Å²) >= 11 is 2.13. The summed E-state index contributed by atoms with van der Waals surface area (Å²) in [5, 5.41) is 14.8. The lowest BCUT2D eigenvalue weighted by molar-refractivity contribution is -0.384. The molecule has 3 rings (SSSR count). The molecule has 1 N–H and O–H groups in total. The maximum atomic E-state index is 12.1. The fraction of sp³-hybridized carbons (Fsp3) is 0.136. The van der Waals surface area contributed by atoms with Gasteiger partial charge in [0.1, 0.15) is 6.61 Å². The molecule has 0 unspecified atom stereocenters. The molecule has 0 fully saturated rings. The molecule has 1 amide bonds. The van der Waals surface area contributed by atoms with Gasteiger partial charge in [0.15, 0.2) is 11.5 Å². The van der Waals surface area contributed by atoms with Crippen LogP contribution in [0.3, 0.4) is 0 Å². The minimum atomic E-state index is -0.444. The Hall–Kier alpha value is -3.54. The van der Waals surface area contributed by atoms with Gasteiger partial charge in [0.25, 0.3) is 11.6 Å². The number of rotatable bonds is 9. The van der Waals surface area contributed by atoms with Crippen LogP contribution in [0, 0.1) is 13.7 Å². The SMILES string of the molecule is CCOc1cc(/C=N\NC(=O)c2cccnc2)cc(I)c1OCc1ccc([N+](=O)[O-])cc1. The van der Waals surface area contributed by atoms with E-state index in [0.29, 0.717) is 29.2 Å². The number of hydrogen-bond acceptors (Lipinski definition) is 7. The van der Waals surface area contributed by atoms with Crippen LogP contribution in [0.1, 0.15) is 28.4 Å². The van der Waals surface area contributed by atoms with Crippen LogP contribution >= 0.6 is 22.6 Å². The molecule has 32 heavy (non-hydrogen) atoms. The van der Waals surface area contributed by atoms with Crippen LogP contribution in [0.5, 0.6) is 11.5 Å². The molecule has 1 heterocycles. The summed E-state index contributed by atoms with van der Waals surface area (Å²) in [4.78, 5) is 26.3. The molecule has 1 aromatic heterocycles. The Balaban J connectivity index is 1.71. The highest BCUT2D eigenvalue weighted by Gasteiger charge is 2.13. The summed E-state index contributed by atoms with van der Waals surface area (Å²) in [6, 6.07) is 13.1. The Bertz CT molecular complexity index is 1120. The van der Waals surface area contributed by atoms with Gasteiger partial charge in [-0.05, 0) is 77.0 Å². The highest BCUT2D eigenvalue weighted by molar-refractivity contribution is 14.1. The minimum absolute atomic E-state index is 0.0256. The first-order valence-electron chi connectivity index (χ1n) is 9.54. The zero-order valence-corrected chi connectivity index (χ0v) is 19.2. The van der Waals surface area contributed by atoms with E-state index >= 15 is 0 Å². The van der Waals surface area contributed by atoms with E-state index in [1.165, 1.54) is 24.5 Å². The van der Waals surface area contributed by atoms with E-state index in [9.17, 15) is 14.9 Å². The van der Waals surface area contributed by atoms with Crippen molar-refractivity contribution >= 4 is 40.4 Å². The van der Waals surface area contributed by atoms with Crippen LogP contribution in [0.2, 0.25) is 0 Å². The average molecular weight is 546 g/mol. The molecule has 10 heteroatoms. The predicted octanol–water partition coefficient (Wildman–Crippen LogP) is 4.34. The van der Waals surface area contributed by atoms with E-state index in [4.69, 9.17) is 9.47 Å². The highest BCUT2D eigenvalue weighted by Crippen LogP contribution is 2.34. The number of carbonyl (C=O) groups excluding carboxylic acids is 1. The van der Waals surface area contributed by atoms with Gasteiger partial charge < -0.3 is 9.47 Å². The molecule has 0 spiro atoms. The van der Waals surface area contributed by atoms with Crippen molar-refractivity contribution in [1.29, 1.82) is 0 Å². The number of nitrogens with zero attached hydrogens (tertiary/aromatic N) is 3. The van der Waals surface area contributed by atoms with Crippen LogP contribution in [0.25, 0.3) is 0 Å². The second-order valence-corrected chi connectivity index (χ2v) is 7.58. The summed E-state index contributed by atoms with van der Waals surface area (Å²) in [5.74, 6) is 0.723. The minimum Gasteiger partial charge on any atom is -0.490 e. The summed E-state index contributed by atoms with van der Waals surface area (Å²) in [6.07, 6.45) is 4.56.